The Morgan fingerprint density at radius 1 is 1.46 bits per heavy atom. The Labute approximate surface area is 74.0 Å². The SMILES string of the molecule is Cc1nnc(-c2ccc(C#N)[nH]2)o1. The number of nitriles is 1. The van der Waals surface area contributed by atoms with E-state index in [1.165, 1.54) is 0 Å². The summed E-state index contributed by atoms with van der Waals surface area (Å²) in [6, 6.07) is 5.37. The van der Waals surface area contributed by atoms with Crippen molar-refractivity contribution in [2.45, 2.75) is 6.92 Å². The molecule has 2 aromatic rings. The van der Waals surface area contributed by atoms with Crippen LogP contribution in [0.2, 0.25) is 0 Å². The lowest BCUT2D eigenvalue weighted by Gasteiger charge is -1.85. The van der Waals surface area contributed by atoms with E-state index >= 15 is 0 Å². The van der Waals surface area contributed by atoms with Crippen molar-refractivity contribution in [3.05, 3.63) is 23.7 Å². The predicted molar refractivity (Wildman–Crippen MR) is 43.5 cm³/mol. The number of nitrogens with one attached hydrogen (secondary N) is 1. The lowest BCUT2D eigenvalue weighted by molar-refractivity contribution is 0.531. The molecule has 2 heterocycles. The van der Waals surface area contributed by atoms with Crippen LogP contribution >= 0.6 is 0 Å². The highest BCUT2D eigenvalue weighted by molar-refractivity contribution is 5.49. The van der Waals surface area contributed by atoms with Crippen LogP contribution in [0, 0.1) is 18.3 Å². The van der Waals surface area contributed by atoms with Gasteiger partial charge in [-0.15, -0.1) is 10.2 Å². The van der Waals surface area contributed by atoms with Crippen LogP contribution in [-0.2, 0) is 0 Å². The van der Waals surface area contributed by atoms with Gasteiger partial charge < -0.3 is 9.40 Å². The lowest BCUT2D eigenvalue weighted by Crippen LogP contribution is -1.78. The van der Waals surface area contributed by atoms with Crippen LogP contribution in [0.15, 0.2) is 16.5 Å². The molecule has 0 amide bonds. The summed E-state index contributed by atoms with van der Waals surface area (Å²) in [4.78, 5) is 2.84. The summed E-state index contributed by atoms with van der Waals surface area (Å²) in [5.41, 5.74) is 1.14. The molecular formula is C8H6N4O. The Balaban J connectivity index is 2.42. The largest absolute Gasteiger partial charge is 0.420 e. The Bertz CT molecular complexity index is 462. The summed E-state index contributed by atoms with van der Waals surface area (Å²) in [6.45, 7) is 1.71. The lowest BCUT2D eigenvalue weighted by atomic mass is 10.4. The molecule has 0 aliphatic rings. The number of hydrogen-bond acceptors (Lipinski definition) is 4. The fourth-order valence-electron chi connectivity index (χ4n) is 0.990. The highest BCUT2D eigenvalue weighted by atomic mass is 16.4. The normalized spacial score (nSPS) is 9.85. The van der Waals surface area contributed by atoms with Gasteiger partial charge in [0.25, 0.3) is 5.89 Å². The van der Waals surface area contributed by atoms with Gasteiger partial charge in [-0.3, -0.25) is 0 Å². The quantitative estimate of drug-likeness (QED) is 0.705. The summed E-state index contributed by atoms with van der Waals surface area (Å²) < 4.78 is 5.16. The first-order valence-electron chi connectivity index (χ1n) is 3.69. The number of nitrogens with zero attached hydrogens (tertiary/aromatic N) is 3. The number of aromatic amines is 1. The fraction of sp³-hybridized carbons (Fsp3) is 0.125. The third-order valence-electron chi connectivity index (χ3n) is 1.56. The molecule has 0 saturated carbocycles. The number of hydrogen-bond donors (Lipinski definition) is 1. The molecule has 0 radical (unpaired) electrons. The first-order valence-corrected chi connectivity index (χ1v) is 3.69. The maximum Gasteiger partial charge on any atom is 0.264 e. The predicted octanol–water partition coefficient (Wildman–Crippen LogP) is 1.24. The minimum absolute atomic E-state index is 0.402. The average molecular weight is 174 g/mol. The van der Waals surface area contributed by atoms with Gasteiger partial charge in [0.05, 0.1) is 0 Å². The molecule has 0 aliphatic heterocycles. The van der Waals surface area contributed by atoms with Crippen LogP contribution in [0.4, 0.5) is 0 Å². The fourth-order valence-corrected chi connectivity index (χ4v) is 0.990. The van der Waals surface area contributed by atoms with Crippen molar-refractivity contribution in [3.8, 4) is 17.7 Å². The minimum atomic E-state index is 0.402. The van der Waals surface area contributed by atoms with Crippen molar-refractivity contribution in [1.82, 2.24) is 15.2 Å². The van der Waals surface area contributed by atoms with Gasteiger partial charge in [-0.25, -0.2) is 0 Å². The van der Waals surface area contributed by atoms with Crippen molar-refractivity contribution >= 4 is 0 Å². The Hall–Kier alpha value is -2.09. The zero-order valence-corrected chi connectivity index (χ0v) is 6.90. The van der Waals surface area contributed by atoms with Gasteiger partial charge in [-0.1, -0.05) is 0 Å². The second-order valence-electron chi connectivity index (χ2n) is 2.52. The van der Waals surface area contributed by atoms with Crippen LogP contribution < -0.4 is 0 Å². The summed E-state index contributed by atoms with van der Waals surface area (Å²) in [7, 11) is 0. The van der Waals surface area contributed by atoms with E-state index in [9.17, 15) is 0 Å². The second-order valence-corrected chi connectivity index (χ2v) is 2.52. The highest BCUT2D eigenvalue weighted by Crippen LogP contribution is 2.15. The zero-order valence-electron chi connectivity index (χ0n) is 6.90. The van der Waals surface area contributed by atoms with E-state index in [1.54, 1.807) is 19.1 Å². The van der Waals surface area contributed by atoms with Gasteiger partial charge >= 0.3 is 0 Å². The van der Waals surface area contributed by atoms with Gasteiger partial charge in [0.2, 0.25) is 5.89 Å². The number of aryl methyl sites for hydroxylation is 1. The van der Waals surface area contributed by atoms with Crippen LogP contribution in [0.5, 0.6) is 0 Å². The van der Waals surface area contributed by atoms with Crippen molar-refractivity contribution in [3.63, 3.8) is 0 Å². The molecule has 13 heavy (non-hydrogen) atoms. The van der Waals surface area contributed by atoms with E-state index in [0.717, 1.165) is 0 Å². The molecule has 2 aromatic heterocycles. The van der Waals surface area contributed by atoms with Crippen molar-refractivity contribution < 1.29 is 4.42 Å². The van der Waals surface area contributed by atoms with Crippen LogP contribution in [0.25, 0.3) is 11.6 Å². The van der Waals surface area contributed by atoms with Crippen LogP contribution in [0.3, 0.4) is 0 Å². The first kappa shape index (κ1) is 7.55. The molecule has 1 N–H and O–H groups in total. The Morgan fingerprint density at radius 2 is 2.31 bits per heavy atom. The monoisotopic (exact) mass is 174 g/mol. The van der Waals surface area contributed by atoms with Gasteiger partial charge in [0, 0.05) is 6.92 Å². The summed E-state index contributed by atoms with van der Waals surface area (Å²) in [6.07, 6.45) is 0. The minimum Gasteiger partial charge on any atom is -0.420 e. The summed E-state index contributed by atoms with van der Waals surface area (Å²) >= 11 is 0. The first-order chi connectivity index (χ1) is 6.29. The third kappa shape index (κ3) is 1.29. The van der Waals surface area contributed by atoms with E-state index in [4.69, 9.17) is 9.68 Å². The van der Waals surface area contributed by atoms with Crippen LogP contribution in [0.1, 0.15) is 11.6 Å². The van der Waals surface area contributed by atoms with Crippen LogP contribution in [-0.4, -0.2) is 15.2 Å². The van der Waals surface area contributed by atoms with Gasteiger partial charge in [0.1, 0.15) is 17.5 Å². The molecule has 2 rings (SSSR count). The zero-order chi connectivity index (χ0) is 9.26. The molecule has 0 aromatic carbocycles. The molecule has 5 nitrogen and oxygen atoms in total. The third-order valence-corrected chi connectivity index (χ3v) is 1.56. The summed E-state index contributed by atoms with van der Waals surface area (Å²) in [5, 5.41) is 16.0. The molecular weight excluding hydrogens is 168 g/mol. The van der Waals surface area contributed by atoms with Gasteiger partial charge in [0.15, 0.2) is 0 Å². The molecule has 0 unspecified atom stereocenters. The van der Waals surface area contributed by atoms with Crippen molar-refractivity contribution in [2.24, 2.45) is 0 Å². The van der Waals surface area contributed by atoms with E-state index in [2.05, 4.69) is 15.2 Å². The molecule has 0 bridgehead atoms. The molecule has 0 fully saturated rings. The molecule has 0 atom stereocenters. The summed E-state index contributed by atoms with van der Waals surface area (Å²) in [5.74, 6) is 0.905. The topological polar surface area (TPSA) is 78.5 Å². The molecule has 0 aliphatic carbocycles. The number of aromatic nitrogens is 3. The van der Waals surface area contributed by atoms with Crippen molar-refractivity contribution in [2.75, 3.05) is 0 Å². The maximum atomic E-state index is 8.56. The van der Waals surface area contributed by atoms with E-state index < -0.39 is 0 Å². The standard InChI is InChI=1S/C8H6N4O/c1-5-11-12-8(13-5)7-3-2-6(4-9)10-7/h2-3,10H,1H3. The van der Waals surface area contributed by atoms with Gasteiger partial charge in [-0.05, 0) is 12.1 Å². The highest BCUT2D eigenvalue weighted by Gasteiger charge is 2.07. The number of H-pyrrole nitrogens is 1. The van der Waals surface area contributed by atoms with E-state index in [0.29, 0.717) is 23.2 Å². The Kier molecular flexibility index (Phi) is 1.60. The average Bonchev–Trinajstić information content (AvgIpc) is 2.71. The molecule has 0 spiro atoms. The molecule has 5 heteroatoms. The number of rotatable bonds is 1. The molecule has 64 valence electrons. The smallest absolute Gasteiger partial charge is 0.264 e. The van der Waals surface area contributed by atoms with E-state index in [1.807, 2.05) is 6.07 Å². The van der Waals surface area contributed by atoms with Gasteiger partial charge in [-0.2, -0.15) is 5.26 Å². The van der Waals surface area contributed by atoms with Crippen molar-refractivity contribution in [1.29, 1.82) is 5.26 Å². The second kappa shape index (κ2) is 2.75. The van der Waals surface area contributed by atoms with E-state index in [-0.39, 0.29) is 0 Å². The molecule has 0 saturated heterocycles. The maximum absolute atomic E-state index is 8.56. The Morgan fingerprint density at radius 3 is 2.85 bits per heavy atom.